The molecule has 1 heterocycles. The Balaban J connectivity index is 2.37. The van der Waals surface area contributed by atoms with Crippen LogP contribution < -0.4 is 10.9 Å². The van der Waals surface area contributed by atoms with E-state index in [-0.39, 0.29) is 18.0 Å². The number of carbonyl (C=O) groups excluding carboxylic acids is 1. The SMILES string of the molecule is CNC(=O)c1ccc(=O)n(Cc2ccc(Cl)cc2Cl)c1. The molecule has 6 heteroatoms. The highest BCUT2D eigenvalue weighted by Crippen LogP contribution is 2.21. The lowest BCUT2D eigenvalue weighted by molar-refractivity contribution is 0.0962. The van der Waals surface area contributed by atoms with Gasteiger partial charge in [-0.1, -0.05) is 29.3 Å². The van der Waals surface area contributed by atoms with Crippen LogP contribution in [0.25, 0.3) is 0 Å². The van der Waals surface area contributed by atoms with Gasteiger partial charge in [0.2, 0.25) is 0 Å². The Bertz CT molecular complexity index is 711. The number of nitrogens with one attached hydrogen (secondary N) is 1. The third-order valence-electron chi connectivity index (χ3n) is 2.83. The minimum Gasteiger partial charge on any atom is -0.355 e. The van der Waals surface area contributed by atoms with E-state index >= 15 is 0 Å². The van der Waals surface area contributed by atoms with Gasteiger partial charge in [-0.05, 0) is 23.8 Å². The maximum absolute atomic E-state index is 11.8. The predicted molar refractivity (Wildman–Crippen MR) is 79.7 cm³/mol. The standard InChI is InChI=1S/C14H12Cl2N2O2/c1-17-14(20)10-3-5-13(19)18(8-10)7-9-2-4-11(15)6-12(9)16/h2-6,8H,7H2,1H3,(H,17,20). The van der Waals surface area contributed by atoms with Crippen molar-refractivity contribution in [3.8, 4) is 0 Å². The summed E-state index contributed by atoms with van der Waals surface area (Å²) in [7, 11) is 1.54. The molecule has 0 aliphatic rings. The monoisotopic (exact) mass is 310 g/mol. The van der Waals surface area contributed by atoms with Crippen LogP contribution >= 0.6 is 23.2 Å². The Kier molecular flexibility index (Phi) is 4.47. The number of halogens is 2. The van der Waals surface area contributed by atoms with Crippen LogP contribution in [0, 0.1) is 0 Å². The summed E-state index contributed by atoms with van der Waals surface area (Å²) in [5.41, 5.74) is 0.966. The van der Waals surface area contributed by atoms with E-state index in [1.807, 2.05) is 0 Å². The molecule has 1 aromatic heterocycles. The van der Waals surface area contributed by atoms with Crippen molar-refractivity contribution in [3.05, 3.63) is 68.1 Å². The van der Waals surface area contributed by atoms with Gasteiger partial charge in [-0.15, -0.1) is 0 Å². The molecular formula is C14H12Cl2N2O2. The van der Waals surface area contributed by atoms with Crippen molar-refractivity contribution in [1.82, 2.24) is 9.88 Å². The van der Waals surface area contributed by atoms with Gasteiger partial charge in [-0.25, -0.2) is 0 Å². The Hall–Kier alpha value is -1.78. The molecule has 0 unspecified atom stereocenters. The van der Waals surface area contributed by atoms with E-state index in [4.69, 9.17) is 23.2 Å². The van der Waals surface area contributed by atoms with Gasteiger partial charge in [-0.3, -0.25) is 9.59 Å². The quantitative estimate of drug-likeness (QED) is 0.947. The molecule has 0 bridgehead atoms. The highest BCUT2D eigenvalue weighted by atomic mass is 35.5. The number of benzene rings is 1. The molecule has 2 aromatic rings. The van der Waals surface area contributed by atoms with Crippen molar-refractivity contribution in [2.75, 3.05) is 7.05 Å². The average molecular weight is 311 g/mol. The molecule has 0 aliphatic carbocycles. The maximum Gasteiger partial charge on any atom is 0.252 e. The van der Waals surface area contributed by atoms with E-state index in [0.717, 1.165) is 5.56 Å². The first kappa shape index (κ1) is 14.6. The fraction of sp³-hybridized carbons (Fsp3) is 0.143. The van der Waals surface area contributed by atoms with Crippen LogP contribution in [-0.4, -0.2) is 17.5 Å². The number of rotatable bonds is 3. The molecule has 0 spiro atoms. The zero-order valence-corrected chi connectivity index (χ0v) is 12.2. The Morgan fingerprint density at radius 3 is 2.65 bits per heavy atom. The predicted octanol–water partition coefficient (Wildman–Crippen LogP) is 2.56. The van der Waals surface area contributed by atoms with Gasteiger partial charge in [0.25, 0.3) is 11.5 Å². The number of amides is 1. The summed E-state index contributed by atoms with van der Waals surface area (Å²) in [6, 6.07) is 7.92. The summed E-state index contributed by atoms with van der Waals surface area (Å²) < 4.78 is 1.43. The van der Waals surface area contributed by atoms with Gasteiger partial charge in [0, 0.05) is 29.4 Å². The Labute approximate surface area is 125 Å². The van der Waals surface area contributed by atoms with Crippen LogP contribution in [-0.2, 0) is 6.54 Å². The first-order valence-corrected chi connectivity index (χ1v) is 6.63. The molecule has 4 nitrogen and oxygen atoms in total. The van der Waals surface area contributed by atoms with Gasteiger partial charge in [-0.2, -0.15) is 0 Å². The van der Waals surface area contributed by atoms with Crippen LogP contribution in [0.3, 0.4) is 0 Å². The summed E-state index contributed by atoms with van der Waals surface area (Å²) in [6.07, 6.45) is 1.51. The first-order chi connectivity index (χ1) is 9.51. The minimum atomic E-state index is -0.249. The van der Waals surface area contributed by atoms with Crippen molar-refractivity contribution >= 4 is 29.1 Å². The number of hydrogen-bond donors (Lipinski definition) is 1. The molecule has 0 atom stereocenters. The number of hydrogen-bond acceptors (Lipinski definition) is 2. The van der Waals surface area contributed by atoms with Crippen molar-refractivity contribution in [2.45, 2.75) is 6.54 Å². The molecule has 1 amide bonds. The molecule has 20 heavy (non-hydrogen) atoms. The summed E-state index contributed by atoms with van der Waals surface area (Å²) in [6.45, 7) is 0.277. The molecule has 1 N–H and O–H groups in total. The molecule has 0 saturated heterocycles. The van der Waals surface area contributed by atoms with Crippen LogP contribution in [0.5, 0.6) is 0 Å². The fourth-order valence-corrected chi connectivity index (χ4v) is 2.24. The molecule has 1 aromatic carbocycles. The van der Waals surface area contributed by atoms with Crippen LogP contribution in [0.1, 0.15) is 15.9 Å². The third-order valence-corrected chi connectivity index (χ3v) is 3.42. The van der Waals surface area contributed by atoms with Crippen LogP contribution in [0.2, 0.25) is 10.0 Å². The van der Waals surface area contributed by atoms with Gasteiger partial charge in [0.15, 0.2) is 0 Å². The van der Waals surface area contributed by atoms with Crippen molar-refractivity contribution < 1.29 is 4.79 Å². The molecule has 0 aliphatic heterocycles. The van der Waals surface area contributed by atoms with E-state index < -0.39 is 0 Å². The second kappa shape index (κ2) is 6.11. The average Bonchev–Trinajstić information content (AvgIpc) is 2.43. The lowest BCUT2D eigenvalue weighted by Gasteiger charge is -2.09. The summed E-state index contributed by atoms with van der Waals surface area (Å²) in [5.74, 6) is -0.249. The zero-order valence-electron chi connectivity index (χ0n) is 10.7. The summed E-state index contributed by atoms with van der Waals surface area (Å²) in [5, 5.41) is 3.53. The van der Waals surface area contributed by atoms with Gasteiger partial charge in [0.05, 0.1) is 12.1 Å². The van der Waals surface area contributed by atoms with Crippen molar-refractivity contribution in [1.29, 1.82) is 0 Å². The maximum atomic E-state index is 11.8. The van der Waals surface area contributed by atoms with Crippen molar-refractivity contribution in [3.63, 3.8) is 0 Å². The first-order valence-electron chi connectivity index (χ1n) is 5.88. The Morgan fingerprint density at radius 1 is 1.25 bits per heavy atom. The summed E-state index contributed by atoms with van der Waals surface area (Å²) in [4.78, 5) is 23.4. The zero-order chi connectivity index (χ0) is 14.7. The number of aromatic nitrogens is 1. The Morgan fingerprint density at radius 2 is 2.00 bits per heavy atom. The van der Waals surface area contributed by atoms with Crippen LogP contribution in [0.15, 0.2) is 41.3 Å². The highest BCUT2D eigenvalue weighted by Gasteiger charge is 2.08. The second-order valence-electron chi connectivity index (χ2n) is 4.20. The third kappa shape index (κ3) is 3.21. The number of nitrogens with zero attached hydrogens (tertiary/aromatic N) is 1. The lowest BCUT2D eigenvalue weighted by Crippen LogP contribution is -2.24. The van der Waals surface area contributed by atoms with E-state index in [0.29, 0.717) is 15.6 Å². The molecule has 0 radical (unpaired) electrons. The largest absolute Gasteiger partial charge is 0.355 e. The smallest absolute Gasteiger partial charge is 0.252 e. The molecule has 0 fully saturated rings. The lowest BCUT2D eigenvalue weighted by atomic mass is 10.2. The molecule has 104 valence electrons. The summed E-state index contributed by atoms with van der Waals surface area (Å²) >= 11 is 11.9. The van der Waals surface area contributed by atoms with E-state index in [2.05, 4.69) is 5.32 Å². The number of pyridine rings is 1. The van der Waals surface area contributed by atoms with Gasteiger partial charge < -0.3 is 9.88 Å². The van der Waals surface area contributed by atoms with Crippen molar-refractivity contribution in [2.24, 2.45) is 0 Å². The molecular weight excluding hydrogens is 299 g/mol. The van der Waals surface area contributed by atoms with Gasteiger partial charge >= 0.3 is 0 Å². The minimum absolute atomic E-state index is 0.205. The number of carbonyl (C=O) groups is 1. The van der Waals surface area contributed by atoms with E-state index in [9.17, 15) is 9.59 Å². The highest BCUT2D eigenvalue weighted by molar-refractivity contribution is 6.35. The van der Waals surface area contributed by atoms with Gasteiger partial charge in [0.1, 0.15) is 0 Å². The fourth-order valence-electron chi connectivity index (χ4n) is 1.77. The second-order valence-corrected chi connectivity index (χ2v) is 5.04. The van der Waals surface area contributed by atoms with E-state index in [1.54, 1.807) is 18.2 Å². The topological polar surface area (TPSA) is 51.1 Å². The van der Waals surface area contributed by atoms with Crippen LogP contribution in [0.4, 0.5) is 0 Å². The van der Waals surface area contributed by atoms with E-state index in [1.165, 1.54) is 29.9 Å². The molecule has 2 rings (SSSR count). The normalized spacial score (nSPS) is 10.3. The molecule has 0 saturated carbocycles.